The Morgan fingerprint density at radius 3 is 2.52 bits per heavy atom. The van der Waals surface area contributed by atoms with Crippen molar-refractivity contribution in [1.82, 2.24) is 10.3 Å². The van der Waals surface area contributed by atoms with E-state index >= 15 is 0 Å². The first-order valence-corrected chi connectivity index (χ1v) is 10.8. The minimum Gasteiger partial charge on any atom is -0.392 e. The second kappa shape index (κ2) is 8.99. The molecule has 0 saturated heterocycles. The van der Waals surface area contributed by atoms with Gasteiger partial charge in [0.1, 0.15) is 5.15 Å². The number of aliphatic hydroxyl groups excluding tert-OH is 1. The van der Waals surface area contributed by atoms with Crippen LogP contribution in [0.5, 0.6) is 0 Å². The average Bonchev–Trinajstić information content (AvgIpc) is 3.20. The fraction of sp³-hybridized carbons (Fsp3) is 0.217. The van der Waals surface area contributed by atoms with Gasteiger partial charge in [-0.15, -0.1) is 0 Å². The van der Waals surface area contributed by atoms with E-state index in [1.807, 2.05) is 54.6 Å². The van der Waals surface area contributed by atoms with Crippen LogP contribution in [0.15, 0.2) is 64.4 Å². The summed E-state index contributed by atoms with van der Waals surface area (Å²) in [6.45, 7) is 0.378. The number of carbonyl (C=O) groups is 1. The highest BCUT2D eigenvalue weighted by Crippen LogP contribution is 2.33. The second-order valence-corrected chi connectivity index (χ2v) is 8.39. The van der Waals surface area contributed by atoms with Gasteiger partial charge in [0.15, 0.2) is 0 Å². The van der Waals surface area contributed by atoms with Gasteiger partial charge in [-0.1, -0.05) is 59.8 Å². The Morgan fingerprint density at radius 1 is 1.07 bits per heavy atom. The first-order chi connectivity index (χ1) is 14.2. The summed E-state index contributed by atoms with van der Waals surface area (Å²) in [5.74, 6) is -0.215. The quantitative estimate of drug-likeness (QED) is 0.558. The van der Waals surface area contributed by atoms with Gasteiger partial charge in [0.05, 0.1) is 12.2 Å². The lowest BCUT2D eigenvalue weighted by atomic mass is 10.1. The maximum Gasteiger partial charge on any atom is 0.254 e. The molecular formula is C23H21ClN2O2S. The maximum absolute atomic E-state index is 12.7. The van der Waals surface area contributed by atoms with Gasteiger partial charge in [0, 0.05) is 22.0 Å². The average molecular weight is 425 g/mol. The molecule has 1 amide bonds. The van der Waals surface area contributed by atoms with Crippen molar-refractivity contribution in [2.45, 2.75) is 42.2 Å². The van der Waals surface area contributed by atoms with Crippen LogP contribution in [0.25, 0.3) is 0 Å². The largest absolute Gasteiger partial charge is 0.392 e. The zero-order valence-electron chi connectivity index (χ0n) is 15.8. The highest BCUT2D eigenvalue weighted by molar-refractivity contribution is 7.99. The van der Waals surface area contributed by atoms with Gasteiger partial charge >= 0.3 is 0 Å². The Kier molecular flexibility index (Phi) is 6.19. The molecule has 0 unspecified atom stereocenters. The molecule has 3 aromatic rings. The number of nitrogens with zero attached hydrogens (tertiary/aromatic N) is 1. The lowest BCUT2D eigenvalue weighted by molar-refractivity contribution is 0.0950. The van der Waals surface area contributed by atoms with Crippen LogP contribution in [0.2, 0.25) is 5.15 Å². The number of hydrogen-bond acceptors (Lipinski definition) is 4. The molecule has 0 atom stereocenters. The molecule has 2 N–H and O–H groups in total. The van der Waals surface area contributed by atoms with Gasteiger partial charge in [0.2, 0.25) is 0 Å². The van der Waals surface area contributed by atoms with Crippen LogP contribution in [0.3, 0.4) is 0 Å². The van der Waals surface area contributed by atoms with Crippen molar-refractivity contribution >= 4 is 29.3 Å². The molecule has 6 heteroatoms. The predicted molar refractivity (Wildman–Crippen MR) is 115 cm³/mol. The Labute approximate surface area is 179 Å². The van der Waals surface area contributed by atoms with Crippen LogP contribution in [-0.4, -0.2) is 16.0 Å². The van der Waals surface area contributed by atoms with Crippen LogP contribution in [0, 0.1) is 0 Å². The molecule has 0 bridgehead atoms. The summed E-state index contributed by atoms with van der Waals surface area (Å²) in [7, 11) is 0. The van der Waals surface area contributed by atoms with Gasteiger partial charge in [-0.3, -0.25) is 4.79 Å². The summed E-state index contributed by atoms with van der Waals surface area (Å²) in [4.78, 5) is 19.2. The van der Waals surface area contributed by atoms with Gasteiger partial charge < -0.3 is 10.4 Å². The summed E-state index contributed by atoms with van der Waals surface area (Å²) in [6.07, 6.45) is 2.93. The van der Waals surface area contributed by atoms with Gasteiger partial charge in [-0.25, -0.2) is 4.98 Å². The molecule has 148 valence electrons. The summed E-state index contributed by atoms with van der Waals surface area (Å²) in [6, 6.07) is 17.6. The van der Waals surface area contributed by atoms with Crippen LogP contribution in [0.4, 0.5) is 0 Å². The van der Waals surface area contributed by atoms with E-state index in [9.17, 15) is 9.90 Å². The number of benzene rings is 2. The third-order valence-electron chi connectivity index (χ3n) is 5.02. The van der Waals surface area contributed by atoms with Crippen molar-refractivity contribution in [3.63, 3.8) is 0 Å². The van der Waals surface area contributed by atoms with E-state index in [2.05, 4.69) is 10.3 Å². The molecule has 4 nitrogen and oxygen atoms in total. The smallest absolute Gasteiger partial charge is 0.254 e. The van der Waals surface area contributed by atoms with E-state index in [0.717, 1.165) is 51.4 Å². The van der Waals surface area contributed by atoms with Crippen molar-refractivity contribution in [2.24, 2.45) is 0 Å². The van der Waals surface area contributed by atoms with Gasteiger partial charge in [-0.05, 0) is 54.2 Å². The standard InChI is InChI=1S/C23H21ClN2O2S/c24-22-18(12-15-8-5-9-19(15)26-22)23(28)25-13-16-6-1-3-10-20(16)29-21-11-4-2-7-17(21)14-27/h1-4,6-7,10-12,27H,5,8-9,13-14H2,(H,25,28). The molecule has 1 aliphatic rings. The fourth-order valence-corrected chi connectivity index (χ4v) is 4.79. The number of aryl methyl sites for hydroxylation is 2. The number of amides is 1. The van der Waals surface area contributed by atoms with E-state index in [1.165, 1.54) is 0 Å². The molecule has 4 rings (SSSR count). The summed E-state index contributed by atoms with van der Waals surface area (Å²) < 4.78 is 0. The summed E-state index contributed by atoms with van der Waals surface area (Å²) in [5.41, 5.74) is 4.45. The SMILES string of the molecule is O=C(NCc1ccccc1Sc1ccccc1CO)c1cc2c(nc1Cl)CCC2. The van der Waals surface area contributed by atoms with E-state index in [4.69, 9.17) is 11.6 Å². The maximum atomic E-state index is 12.7. The third-order valence-corrected chi connectivity index (χ3v) is 6.55. The summed E-state index contributed by atoms with van der Waals surface area (Å²) in [5, 5.41) is 12.8. The molecule has 29 heavy (non-hydrogen) atoms. The lowest BCUT2D eigenvalue weighted by Crippen LogP contribution is -2.24. The predicted octanol–water partition coefficient (Wildman–Crippen LogP) is 4.80. The number of nitrogens with one attached hydrogen (secondary N) is 1. The molecule has 1 aromatic heterocycles. The minimum absolute atomic E-state index is 0.00803. The highest BCUT2D eigenvalue weighted by atomic mass is 35.5. The third kappa shape index (κ3) is 4.47. The van der Waals surface area contributed by atoms with Crippen LogP contribution in [-0.2, 0) is 26.0 Å². The number of aromatic nitrogens is 1. The lowest BCUT2D eigenvalue weighted by Gasteiger charge is -2.13. The molecule has 1 aliphatic carbocycles. The molecule has 1 heterocycles. The van der Waals surface area contributed by atoms with Crippen LogP contribution < -0.4 is 5.32 Å². The van der Waals surface area contributed by atoms with Crippen molar-refractivity contribution in [3.8, 4) is 0 Å². The first kappa shape index (κ1) is 20.0. The first-order valence-electron chi connectivity index (χ1n) is 9.56. The molecule has 0 aliphatic heterocycles. The van der Waals surface area contributed by atoms with Gasteiger partial charge in [0.25, 0.3) is 5.91 Å². The van der Waals surface area contributed by atoms with Crippen molar-refractivity contribution in [1.29, 1.82) is 0 Å². The van der Waals surface area contributed by atoms with Gasteiger partial charge in [-0.2, -0.15) is 0 Å². The molecule has 0 radical (unpaired) electrons. The Bertz CT molecular complexity index is 1050. The van der Waals surface area contributed by atoms with Crippen LogP contribution in [0.1, 0.15) is 39.2 Å². The number of pyridine rings is 1. The number of carbonyl (C=O) groups excluding carboxylic acids is 1. The molecule has 0 saturated carbocycles. The second-order valence-electron chi connectivity index (χ2n) is 6.94. The number of fused-ring (bicyclic) bond motifs is 1. The Morgan fingerprint density at radius 2 is 1.76 bits per heavy atom. The van der Waals surface area contributed by atoms with E-state index in [-0.39, 0.29) is 17.7 Å². The number of rotatable bonds is 6. The fourth-order valence-electron chi connectivity index (χ4n) is 3.48. The topological polar surface area (TPSA) is 62.2 Å². The number of hydrogen-bond donors (Lipinski definition) is 2. The summed E-state index contributed by atoms with van der Waals surface area (Å²) >= 11 is 7.84. The van der Waals surface area contributed by atoms with Crippen molar-refractivity contribution in [3.05, 3.63) is 87.7 Å². The normalized spacial score (nSPS) is 12.6. The molecule has 0 spiro atoms. The van der Waals surface area contributed by atoms with E-state index in [1.54, 1.807) is 11.8 Å². The minimum atomic E-state index is -0.215. The molecule has 2 aromatic carbocycles. The van der Waals surface area contributed by atoms with Crippen molar-refractivity contribution < 1.29 is 9.90 Å². The van der Waals surface area contributed by atoms with Crippen LogP contribution >= 0.6 is 23.4 Å². The monoisotopic (exact) mass is 424 g/mol. The highest BCUT2D eigenvalue weighted by Gasteiger charge is 2.19. The zero-order valence-corrected chi connectivity index (χ0v) is 17.4. The zero-order chi connectivity index (χ0) is 20.2. The van der Waals surface area contributed by atoms with E-state index in [0.29, 0.717) is 12.1 Å². The number of halogens is 1. The molecule has 0 fully saturated rings. The Hall–Kier alpha value is -2.34. The van der Waals surface area contributed by atoms with E-state index < -0.39 is 0 Å². The molecular weight excluding hydrogens is 404 g/mol. The van der Waals surface area contributed by atoms with Crippen molar-refractivity contribution in [2.75, 3.05) is 0 Å². The number of aliphatic hydroxyl groups is 1. The Balaban J connectivity index is 1.50.